The van der Waals surface area contributed by atoms with Crippen LogP contribution >= 0.6 is 0 Å². The molecule has 0 aliphatic carbocycles. The normalized spacial score (nSPS) is 15.3. The first-order chi connectivity index (χ1) is 7.42. The quantitative estimate of drug-likeness (QED) is 0.752. The van der Waals surface area contributed by atoms with Gasteiger partial charge in [-0.15, -0.1) is 0 Å². The highest BCUT2D eigenvalue weighted by atomic mass is 15.2. The highest BCUT2D eigenvalue weighted by molar-refractivity contribution is 5.47. The Morgan fingerprint density at radius 1 is 1.40 bits per heavy atom. The van der Waals surface area contributed by atoms with Crippen molar-refractivity contribution >= 4 is 5.82 Å². The molecule has 0 N–H and O–H groups in total. The van der Waals surface area contributed by atoms with Gasteiger partial charge in [-0.2, -0.15) is 5.26 Å². The zero-order valence-electron chi connectivity index (χ0n) is 8.82. The number of anilines is 1. The number of nitriles is 1. The van der Waals surface area contributed by atoms with Gasteiger partial charge in [0.25, 0.3) is 0 Å². The van der Waals surface area contributed by atoms with Crippen molar-refractivity contribution in [2.45, 2.75) is 25.7 Å². The second-order valence-electron chi connectivity index (χ2n) is 3.84. The van der Waals surface area contributed by atoms with Gasteiger partial charge in [0.1, 0.15) is 5.82 Å². The molecule has 2 heterocycles. The molecule has 0 unspecified atom stereocenters. The summed E-state index contributed by atoms with van der Waals surface area (Å²) in [5, 5.41) is 8.60. The van der Waals surface area contributed by atoms with Crippen LogP contribution in [-0.2, 0) is 6.42 Å². The first kappa shape index (κ1) is 9.97. The van der Waals surface area contributed by atoms with Gasteiger partial charge < -0.3 is 4.90 Å². The van der Waals surface area contributed by atoms with E-state index in [0.29, 0.717) is 6.42 Å². The van der Waals surface area contributed by atoms with E-state index >= 15 is 0 Å². The minimum atomic E-state index is 0.576. The Morgan fingerprint density at radius 2 is 2.20 bits per heavy atom. The molecule has 3 nitrogen and oxygen atoms in total. The van der Waals surface area contributed by atoms with Crippen LogP contribution in [0.25, 0.3) is 0 Å². The lowest BCUT2D eigenvalue weighted by molar-refractivity contribution is 0.899. The summed E-state index contributed by atoms with van der Waals surface area (Å²) in [5.41, 5.74) is 1.21. The highest BCUT2D eigenvalue weighted by Crippen LogP contribution is 2.22. The maximum Gasteiger partial charge on any atom is 0.131 e. The van der Waals surface area contributed by atoms with Gasteiger partial charge >= 0.3 is 0 Å². The van der Waals surface area contributed by atoms with Gasteiger partial charge in [0, 0.05) is 25.7 Å². The topological polar surface area (TPSA) is 39.9 Å². The van der Waals surface area contributed by atoms with Crippen molar-refractivity contribution in [3.8, 4) is 6.07 Å². The number of aryl methyl sites for hydroxylation is 1. The molecule has 0 atom stereocenters. The first-order valence-electron chi connectivity index (χ1n) is 5.47. The molecule has 2 rings (SSSR count). The Bertz CT molecular complexity index is 361. The number of pyridine rings is 1. The van der Waals surface area contributed by atoms with Gasteiger partial charge in [0.2, 0.25) is 0 Å². The highest BCUT2D eigenvalue weighted by Gasteiger charge is 2.16. The molecule has 1 saturated heterocycles. The van der Waals surface area contributed by atoms with Crippen LogP contribution < -0.4 is 4.90 Å². The average Bonchev–Trinajstić information content (AvgIpc) is 2.80. The van der Waals surface area contributed by atoms with Crippen LogP contribution in [0, 0.1) is 11.3 Å². The Kier molecular flexibility index (Phi) is 3.18. The smallest absolute Gasteiger partial charge is 0.131 e. The number of hydrogen-bond donors (Lipinski definition) is 0. The van der Waals surface area contributed by atoms with Crippen LogP contribution in [0.1, 0.15) is 24.8 Å². The monoisotopic (exact) mass is 201 g/mol. The molecule has 15 heavy (non-hydrogen) atoms. The SMILES string of the molecule is N#CCCc1cccnc1N1CCCC1. The molecule has 1 aliphatic heterocycles. The average molecular weight is 201 g/mol. The molecule has 1 aromatic rings. The lowest BCUT2D eigenvalue weighted by atomic mass is 10.1. The largest absolute Gasteiger partial charge is 0.356 e. The van der Waals surface area contributed by atoms with Crippen LogP contribution in [0.2, 0.25) is 0 Å². The summed E-state index contributed by atoms with van der Waals surface area (Å²) in [7, 11) is 0. The molecule has 1 aliphatic rings. The Hall–Kier alpha value is -1.56. The summed E-state index contributed by atoms with van der Waals surface area (Å²) in [6.07, 6.45) is 5.74. The van der Waals surface area contributed by atoms with E-state index in [4.69, 9.17) is 5.26 Å². The van der Waals surface area contributed by atoms with Crippen molar-refractivity contribution in [3.63, 3.8) is 0 Å². The van der Waals surface area contributed by atoms with Crippen LogP contribution in [0.4, 0.5) is 5.82 Å². The van der Waals surface area contributed by atoms with E-state index in [-0.39, 0.29) is 0 Å². The minimum Gasteiger partial charge on any atom is -0.356 e. The standard InChI is InChI=1S/C12H15N3/c13-7-3-5-11-6-4-8-14-12(11)15-9-1-2-10-15/h4,6,8H,1-3,5,9-10H2. The first-order valence-corrected chi connectivity index (χ1v) is 5.47. The Balaban J connectivity index is 2.17. The zero-order valence-corrected chi connectivity index (χ0v) is 8.82. The summed E-state index contributed by atoms with van der Waals surface area (Å²) in [5.74, 6) is 1.09. The van der Waals surface area contributed by atoms with E-state index in [9.17, 15) is 0 Å². The van der Waals surface area contributed by atoms with E-state index in [2.05, 4.69) is 22.0 Å². The van der Waals surface area contributed by atoms with Gasteiger partial charge in [0.15, 0.2) is 0 Å². The zero-order chi connectivity index (χ0) is 10.5. The predicted molar refractivity (Wildman–Crippen MR) is 59.6 cm³/mol. The van der Waals surface area contributed by atoms with Gasteiger partial charge in [-0.3, -0.25) is 0 Å². The van der Waals surface area contributed by atoms with E-state index in [1.807, 2.05) is 12.3 Å². The number of hydrogen-bond acceptors (Lipinski definition) is 3. The van der Waals surface area contributed by atoms with E-state index in [0.717, 1.165) is 25.3 Å². The summed E-state index contributed by atoms with van der Waals surface area (Å²) in [4.78, 5) is 6.76. The van der Waals surface area contributed by atoms with Crippen molar-refractivity contribution in [1.82, 2.24) is 4.98 Å². The van der Waals surface area contributed by atoms with Crippen LogP contribution in [-0.4, -0.2) is 18.1 Å². The summed E-state index contributed by atoms with van der Waals surface area (Å²) >= 11 is 0. The van der Waals surface area contributed by atoms with Crippen molar-refractivity contribution in [1.29, 1.82) is 5.26 Å². The van der Waals surface area contributed by atoms with Gasteiger partial charge in [0.05, 0.1) is 6.07 Å². The maximum absolute atomic E-state index is 8.60. The van der Waals surface area contributed by atoms with E-state index in [1.165, 1.54) is 18.4 Å². The van der Waals surface area contributed by atoms with Crippen molar-refractivity contribution in [2.24, 2.45) is 0 Å². The molecule has 78 valence electrons. The Labute approximate surface area is 90.4 Å². The molecule has 1 aromatic heterocycles. The number of rotatable bonds is 3. The molecule has 3 heteroatoms. The number of nitrogens with zero attached hydrogens (tertiary/aromatic N) is 3. The van der Waals surface area contributed by atoms with Crippen LogP contribution in [0.15, 0.2) is 18.3 Å². The summed E-state index contributed by atoms with van der Waals surface area (Å²) in [6.45, 7) is 2.22. The molecule has 1 fully saturated rings. The van der Waals surface area contributed by atoms with Crippen LogP contribution in [0.3, 0.4) is 0 Å². The summed E-state index contributed by atoms with van der Waals surface area (Å²) < 4.78 is 0. The minimum absolute atomic E-state index is 0.576. The fourth-order valence-electron chi connectivity index (χ4n) is 2.03. The van der Waals surface area contributed by atoms with Crippen molar-refractivity contribution < 1.29 is 0 Å². The second-order valence-corrected chi connectivity index (χ2v) is 3.84. The third-order valence-electron chi connectivity index (χ3n) is 2.78. The van der Waals surface area contributed by atoms with Crippen molar-refractivity contribution in [2.75, 3.05) is 18.0 Å². The molecular formula is C12H15N3. The molecular weight excluding hydrogens is 186 g/mol. The molecule has 0 aromatic carbocycles. The van der Waals surface area contributed by atoms with E-state index in [1.54, 1.807) is 0 Å². The fraction of sp³-hybridized carbons (Fsp3) is 0.500. The maximum atomic E-state index is 8.60. The van der Waals surface area contributed by atoms with E-state index < -0.39 is 0 Å². The molecule has 0 bridgehead atoms. The molecule has 0 radical (unpaired) electrons. The van der Waals surface area contributed by atoms with Crippen molar-refractivity contribution in [3.05, 3.63) is 23.9 Å². The predicted octanol–water partition coefficient (Wildman–Crippen LogP) is 2.14. The molecule has 0 saturated carbocycles. The third kappa shape index (κ3) is 2.27. The lowest BCUT2D eigenvalue weighted by Gasteiger charge is -2.19. The van der Waals surface area contributed by atoms with Gasteiger partial charge in [-0.05, 0) is 30.9 Å². The van der Waals surface area contributed by atoms with Gasteiger partial charge in [-0.1, -0.05) is 6.07 Å². The molecule has 0 spiro atoms. The van der Waals surface area contributed by atoms with Gasteiger partial charge in [-0.25, -0.2) is 4.98 Å². The molecule has 0 amide bonds. The summed E-state index contributed by atoms with van der Waals surface area (Å²) in [6, 6.07) is 6.22. The lowest BCUT2D eigenvalue weighted by Crippen LogP contribution is -2.20. The van der Waals surface area contributed by atoms with Crippen LogP contribution in [0.5, 0.6) is 0 Å². The third-order valence-corrected chi connectivity index (χ3v) is 2.78. The Morgan fingerprint density at radius 3 is 2.93 bits per heavy atom. The number of aromatic nitrogens is 1. The fourth-order valence-corrected chi connectivity index (χ4v) is 2.03. The second kappa shape index (κ2) is 4.79.